The fraction of sp³-hybridized carbons (Fsp3) is 0.625. The summed E-state index contributed by atoms with van der Waals surface area (Å²) in [6.45, 7) is 6.68. The maximum absolute atomic E-state index is 6.22. The molecule has 0 aromatic heterocycles. The highest BCUT2D eigenvalue weighted by Crippen LogP contribution is 2.30. The third-order valence-electron chi connectivity index (χ3n) is 4.31. The van der Waals surface area contributed by atoms with E-state index in [1.807, 2.05) is 0 Å². The number of aryl methyl sites for hydroxylation is 1. The number of nitrogens with two attached hydrogens (primary N) is 1. The molecule has 2 N–H and O–H groups in total. The summed E-state index contributed by atoms with van der Waals surface area (Å²) >= 11 is 0. The Labute approximate surface area is 111 Å². The topological polar surface area (TPSA) is 29.3 Å². The summed E-state index contributed by atoms with van der Waals surface area (Å²) in [5.41, 5.74) is 10.3. The second-order valence-corrected chi connectivity index (χ2v) is 5.97. The minimum atomic E-state index is 0.331. The summed E-state index contributed by atoms with van der Waals surface area (Å²) in [4.78, 5) is 2.40. The van der Waals surface area contributed by atoms with Crippen molar-refractivity contribution in [1.82, 2.24) is 0 Å². The molecule has 0 radical (unpaired) electrons. The zero-order valence-electron chi connectivity index (χ0n) is 12.1. The molecule has 2 nitrogen and oxygen atoms in total. The molecule has 2 atom stereocenters. The van der Waals surface area contributed by atoms with Gasteiger partial charge in [-0.3, -0.25) is 0 Å². The first-order chi connectivity index (χ1) is 8.50. The van der Waals surface area contributed by atoms with Crippen molar-refractivity contribution in [1.29, 1.82) is 0 Å². The summed E-state index contributed by atoms with van der Waals surface area (Å²) in [6, 6.07) is 7.65. The van der Waals surface area contributed by atoms with E-state index >= 15 is 0 Å². The van der Waals surface area contributed by atoms with Crippen molar-refractivity contribution in [3.63, 3.8) is 0 Å². The van der Waals surface area contributed by atoms with Crippen molar-refractivity contribution >= 4 is 5.69 Å². The van der Waals surface area contributed by atoms with Crippen LogP contribution in [0.4, 0.5) is 5.69 Å². The van der Waals surface area contributed by atoms with Crippen LogP contribution in [-0.2, 0) is 0 Å². The predicted molar refractivity (Wildman–Crippen MR) is 79.3 cm³/mol. The molecule has 0 aliphatic heterocycles. The molecule has 1 fully saturated rings. The fourth-order valence-electron chi connectivity index (χ4n) is 2.99. The molecule has 1 aliphatic carbocycles. The average Bonchev–Trinajstić information content (AvgIpc) is 2.75. The maximum atomic E-state index is 6.22. The normalized spacial score (nSPS) is 23.7. The molecule has 2 heteroatoms. The van der Waals surface area contributed by atoms with Gasteiger partial charge < -0.3 is 10.6 Å². The third kappa shape index (κ3) is 2.54. The number of nitrogens with zero attached hydrogens (tertiary/aromatic N) is 1. The summed E-state index contributed by atoms with van der Waals surface area (Å²) in [6.07, 6.45) is 3.65. The number of likely N-dealkylation sites (N-methyl/N-ethyl adjacent to an activating group) is 1. The summed E-state index contributed by atoms with van der Waals surface area (Å²) < 4.78 is 0. The van der Waals surface area contributed by atoms with Crippen LogP contribution in [0, 0.1) is 6.92 Å². The molecule has 0 amide bonds. The van der Waals surface area contributed by atoms with Crippen LogP contribution in [0.3, 0.4) is 0 Å². The fourth-order valence-corrected chi connectivity index (χ4v) is 2.99. The molecule has 18 heavy (non-hydrogen) atoms. The van der Waals surface area contributed by atoms with Crippen LogP contribution < -0.4 is 10.6 Å². The maximum Gasteiger partial charge on any atom is 0.0437 e. The van der Waals surface area contributed by atoms with Gasteiger partial charge in [-0.2, -0.15) is 0 Å². The van der Waals surface area contributed by atoms with E-state index in [-0.39, 0.29) is 0 Å². The van der Waals surface area contributed by atoms with Crippen LogP contribution in [0.1, 0.15) is 50.2 Å². The van der Waals surface area contributed by atoms with E-state index in [9.17, 15) is 0 Å². The standard InChI is InChI=1S/C16H26N2/c1-11(2)13-9-8-12(3)16(10-13)18(4)15-7-5-6-14(15)17/h8-11,14-15H,5-7,17H2,1-4H3. The number of hydrogen-bond donors (Lipinski definition) is 1. The molecule has 2 rings (SSSR count). The Morgan fingerprint density at radius 1 is 1.28 bits per heavy atom. The van der Waals surface area contributed by atoms with Gasteiger partial charge in [0.15, 0.2) is 0 Å². The SMILES string of the molecule is Cc1ccc(C(C)C)cc1N(C)C1CCCC1N. The minimum absolute atomic E-state index is 0.331. The van der Waals surface area contributed by atoms with Gasteiger partial charge in [0, 0.05) is 24.8 Å². The zero-order chi connectivity index (χ0) is 13.3. The predicted octanol–water partition coefficient (Wildman–Crippen LogP) is 3.43. The minimum Gasteiger partial charge on any atom is -0.370 e. The largest absolute Gasteiger partial charge is 0.370 e. The number of rotatable bonds is 3. The number of hydrogen-bond acceptors (Lipinski definition) is 2. The summed E-state index contributed by atoms with van der Waals surface area (Å²) in [5.74, 6) is 0.579. The van der Waals surface area contributed by atoms with E-state index in [0.29, 0.717) is 18.0 Å². The van der Waals surface area contributed by atoms with Gasteiger partial charge in [-0.05, 0) is 49.3 Å². The van der Waals surface area contributed by atoms with E-state index in [1.165, 1.54) is 29.7 Å². The zero-order valence-corrected chi connectivity index (χ0v) is 12.1. The molecule has 1 aromatic rings. The van der Waals surface area contributed by atoms with E-state index in [0.717, 1.165) is 6.42 Å². The van der Waals surface area contributed by atoms with Gasteiger partial charge in [-0.25, -0.2) is 0 Å². The lowest BCUT2D eigenvalue weighted by Gasteiger charge is -2.31. The second-order valence-electron chi connectivity index (χ2n) is 5.97. The van der Waals surface area contributed by atoms with Crippen molar-refractivity contribution < 1.29 is 0 Å². The lowest BCUT2D eigenvalue weighted by atomic mass is 9.99. The van der Waals surface area contributed by atoms with E-state index in [4.69, 9.17) is 5.73 Å². The van der Waals surface area contributed by atoms with Crippen LogP contribution >= 0.6 is 0 Å². The van der Waals surface area contributed by atoms with Gasteiger partial charge in [0.2, 0.25) is 0 Å². The Hall–Kier alpha value is -1.02. The highest BCUT2D eigenvalue weighted by molar-refractivity contribution is 5.56. The van der Waals surface area contributed by atoms with E-state index in [2.05, 4.69) is 50.9 Å². The first kappa shape index (κ1) is 13.4. The third-order valence-corrected chi connectivity index (χ3v) is 4.31. The number of anilines is 1. The Morgan fingerprint density at radius 2 is 2.00 bits per heavy atom. The molecular formula is C16H26N2. The summed E-state index contributed by atoms with van der Waals surface area (Å²) in [5, 5.41) is 0. The van der Waals surface area contributed by atoms with Crippen molar-refractivity contribution in [2.45, 2.75) is 58.0 Å². The molecule has 0 saturated heterocycles. The van der Waals surface area contributed by atoms with Crippen LogP contribution in [0.2, 0.25) is 0 Å². The second kappa shape index (κ2) is 5.31. The lowest BCUT2D eigenvalue weighted by Crippen LogP contribution is -2.42. The lowest BCUT2D eigenvalue weighted by molar-refractivity contribution is 0.571. The van der Waals surface area contributed by atoms with Crippen LogP contribution in [0.5, 0.6) is 0 Å². The molecule has 2 unspecified atom stereocenters. The monoisotopic (exact) mass is 246 g/mol. The van der Waals surface area contributed by atoms with Gasteiger partial charge in [-0.15, -0.1) is 0 Å². The molecule has 1 saturated carbocycles. The van der Waals surface area contributed by atoms with Crippen molar-refractivity contribution in [3.05, 3.63) is 29.3 Å². The first-order valence-electron chi connectivity index (χ1n) is 7.09. The van der Waals surface area contributed by atoms with Crippen LogP contribution in [-0.4, -0.2) is 19.1 Å². The van der Waals surface area contributed by atoms with Crippen LogP contribution in [0.25, 0.3) is 0 Å². The first-order valence-corrected chi connectivity index (χ1v) is 7.09. The Bertz CT molecular complexity index is 412. The van der Waals surface area contributed by atoms with Crippen molar-refractivity contribution in [2.75, 3.05) is 11.9 Å². The van der Waals surface area contributed by atoms with Crippen LogP contribution in [0.15, 0.2) is 18.2 Å². The molecule has 0 heterocycles. The average molecular weight is 246 g/mol. The molecular weight excluding hydrogens is 220 g/mol. The summed E-state index contributed by atoms with van der Waals surface area (Å²) in [7, 11) is 2.20. The Balaban J connectivity index is 2.28. The Kier molecular flexibility index (Phi) is 3.96. The van der Waals surface area contributed by atoms with Gasteiger partial charge in [-0.1, -0.05) is 26.0 Å². The highest BCUT2D eigenvalue weighted by atomic mass is 15.2. The van der Waals surface area contributed by atoms with Gasteiger partial charge in [0.1, 0.15) is 0 Å². The quantitative estimate of drug-likeness (QED) is 0.885. The van der Waals surface area contributed by atoms with Gasteiger partial charge in [0.25, 0.3) is 0 Å². The molecule has 1 aromatic carbocycles. The van der Waals surface area contributed by atoms with E-state index < -0.39 is 0 Å². The Morgan fingerprint density at radius 3 is 2.56 bits per heavy atom. The van der Waals surface area contributed by atoms with Crippen molar-refractivity contribution in [2.24, 2.45) is 5.73 Å². The molecule has 1 aliphatic rings. The molecule has 0 spiro atoms. The highest BCUT2D eigenvalue weighted by Gasteiger charge is 2.28. The smallest absolute Gasteiger partial charge is 0.0437 e. The van der Waals surface area contributed by atoms with Crippen molar-refractivity contribution in [3.8, 4) is 0 Å². The number of benzene rings is 1. The van der Waals surface area contributed by atoms with Gasteiger partial charge >= 0.3 is 0 Å². The van der Waals surface area contributed by atoms with E-state index in [1.54, 1.807) is 0 Å². The molecule has 0 bridgehead atoms. The molecule has 100 valence electrons. The van der Waals surface area contributed by atoms with Gasteiger partial charge in [0.05, 0.1) is 0 Å².